The van der Waals surface area contributed by atoms with Gasteiger partial charge in [-0.1, -0.05) is 17.7 Å². The van der Waals surface area contributed by atoms with Crippen molar-refractivity contribution < 1.29 is 8.78 Å². The van der Waals surface area contributed by atoms with E-state index in [0.29, 0.717) is 12.5 Å². The molecule has 0 bridgehead atoms. The minimum absolute atomic E-state index is 0.105. The maximum absolute atomic E-state index is 13.0. The number of imidazole rings is 1. The van der Waals surface area contributed by atoms with Crippen LogP contribution in [0.4, 0.5) is 14.5 Å². The maximum Gasteiger partial charge on any atom is 0.319 e. The first kappa shape index (κ1) is 19.4. The van der Waals surface area contributed by atoms with Crippen LogP contribution in [-0.2, 0) is 6.54 Å². The van der Waals surface area contributed by atoms with Crippen LogP contribution in [0.5, 0.6) is 0 Å². The van der Waals surface area contributed by atoms with Crippen molar-refractivity contribution in [2.24, 2.45) is 4.99 Å². The number of aromatic nitrogens is 2. The SMILES string of the molecule is CCNC(=NCc1nccn1C(F)F)N1CCN(c2cccc(Cl)c2)CC1. The largest absolute Gasteiger partial charge is 0.368 e. The van der Waals surface area contributed by atoms with Gasteiger partial charge in [0, 0.05) is 55.8 Å². The van der Waals surface area contributed by atoms with Gasteiger partial charge in [0.15, 0.2) is 5.96 Å². The fourth-order valence-electron chi connectivity index (χ4n) is 3.06. The van der Waals surface area contributed by atoms with Gasteiger partial charge >= 0.3 is 6.55 Å². The lowest BCUT2D eigenvalue weighted by Gasteiger charge is -2.37. The Kier molecular flexibility index (Phi) is 6.49. The van der Waals surface area contributed by atoms with Gasteiger partial charge in [-0.15, -0.1) is 0 Å². The molecule has 9 heteroatoms. The van der Waals surface area contributed by atoms with Gasteiger partial charge in [-0.3, -0.25) is 4.57 Å². The summed E-state index contributed by atoms with van der Waals surface area (Å²) in [6.45, 7) is 3.40. The van der Waals surface area contributed by atoms with Gasteiger partial charge in [0.2, 0.25) is 0 Å². The van der Waals surface area contributed by atoms with Crippen molar-refractivity contribution in [3.63, 3.8) is 0 Å². The molecule has 1 aromatic heterocycles. The molecule has 2 heterocycles. The molecule has 0 atom stereocenters. The monoisotopic (exact) mass is 396 g/mol. The van der Waals surface area contributed by atoms with Crippen LogP contribution in [0.2, 0.25) is 5.02 Å². The zero-order chi connectivity index (χ0) is 19.2. The highest BCUT2D eigenvalue weighted by Crippen LogP contribution is 2.21. The van der Waals surface area contributed by atoms with Crippen molar-refractivity contribution in [2.75, 3.05) is 37.6 Å². The van der Waals surface area contributed by atoms with Crippen molar-refractivity contribution in [3.8, 4) is 0 Å². The minimum atomic E-state index is -2.61. The zero-order valence-electron chi connectivity index (χ0n) is 15.2. The third kappa shape index (κ3) is 4.88. The topological polar surface area (TPSA) is 48.7 Å². The van der Waals surface area contributed by atoms with E-state index < -0.39 is 6.55 Å². The summed E-state index contributed by atoms with van der Waals surface area (Å²) in [4.78, 5) is 12.9. The molecule has 1 N–H and O–H groups in total. The van der Waals surface area contributed by atoms with E-state index >= 15 is 0 Å². The van der Waals surface area contributed by atoms with Gasteiger partial charge in [-0.05, 0) is 25.1 Å². The number of benzene rings is 1. The Morgan fingerprint density at radius 1 is 1.30 bits per heavy atom. The molecule has 1 aliphatic rings. The highest BCUT2D eigenvalue weighted by Gasteiger charge is 2.20. The van der Waals surface area contributed by atoms with Crippen LogP contribution < -0.4 is 10.2 Å². The molecule has 0 unspecified atom stereocenters. The minimum Gasteiger partial charge on any atom is -0.368 e. The van der Waals surface area contributed by atoms with Gasteiger partial charge in [-0.25, -0.2) is 9.98 Å². The zero-order valence-corrected chi connectivity index (χ0v) is 15.9. The first-order valence-corrected chi connectivity index (χ1v) is 9.30. The van der Waals surface area contributed by atoms with E-state index in [4.69, 9.17) is 11.6 Å². The molecule has 1 aliphatic heterocycles. The number of hydrogen-bond donors (Lipinski definition) is 1. The number of rotatable bonds is 5. The summed E-state index contributed by atoms with van der Waals surface area (Å²) < 4.78 is 26.7. The number of nitrogens with zero attached hydrogens (tertiary/aromatic N) is 5. The molecule has 0 amide bonds. The van der Waals surface area contributed by atoms with E-state index in [1.54, 1.807) is 0 Å². The number of nitrogens with one attached hydrogen (secondary N) is 1. The molecule has 1 fully saturated rings. The highest BCUT2D eigenvalue weighted by molar-refractivity contribution is 6.30. The Morgan fingerprint density at radius 3 is 2.74 bits per heavy atom. The first-order chi connectivity index (χ1) is 13.1. The third-order valence-electron chi connectivity index (χ3n) is 4.42. The summed E-state index contributed by atoms with van der Waals surface area (Å²) in [5, 5.41) is 3.96. The van der Waals surface area contributed by atoms with Gasteiger partial charge in [-0.2, -0.15) is 8.78 Å². The molecular formula is C18H23ClF2N6. The summed E-state index contributed by atoms with van der Waals surface area (Å²) in [7, 11) is 0. The predicted octanol–water partition coefficient (Wildman–Crippen LogP) is 3.22. The molecule has 6 nitrogen and oxygen atoms in total. The predicted molar refractivity (Wildman–Crippen MR) is 104 cm³/mol. The van der Waals surface area contributed by atoms with E-state index in [0.717, 1.165) is 41.5 Å². The average Bonchev–Trinajstić information content (AvgIpc) is 3.14. The lowest BCUT2D eigenvalue weighted by molar-refractivity contribution is 0.0671. The van der Waals surface area contributed by atoms with Crippen LogP contribution in [0.15, 0.2) is 41.7 Å². The van der Waals surface area contributed by atoms with Crippen LogP contribution in [0.3, 0.4) is 0 Å². The van der Waals surface area contributed by atoms with Crippen LogP contribution in [0.1, 0.15) is 19.3 Å². The number of anilines is 1. The molecule has 0 saturated carbocycles. The van der Waals surface area contributed by atoms with Crippen LogP contribution in [0, 0.1) is 0 Å². The van der Waals surface area contributed by atoms with Gasteiger partial charge in [0.25, 0.3) is 0 Å². The quantitative estimate of drug-likeness (QED) is 0.622. The van der Waals surface area contributed by atoms with Crippen LogP contribution in [-0.4, -0.2) is 53.1 Å². The Labute approximate surface area is 162 Å². The second-order valence-corrected chi connectivity index (χ2v) is 6.59. The van der Waals surface area contributed by atoms with Crippen molar-refractivity contribution in [2.45, 2.75) is 20.0 Å². The number of aliphatic imine (C=N–C) groups is 1. The van der Waals surface area contributed by atoms with Crippen molar-refractivity contribution >= 4 is 23.2 Å². The number of hydrogen-bond acceptors (Lipinski definition) is 3. The Bertz CT molecular complexity index is 771. The Hall–Kier alpha value is -2.35. The molecule has 1 saturated heterocycles. The second kappa shape index (κ2) is 9.03. The molecule has 0 spiro atoms. The summed E-state index contributed by atoms with van der Waals surface area (Å²) in [5.74, 6) is 0.963. The standard InChI is InChI=1S/C18H23ClF2N6/c1-2-22-18(24-13-16-23-6-7-27(16)17(20)21)26-10-8-25(9-11-26)15-5-3-4-14(19)12-15/h3-7,12,17H,2,8-11,13H2,1H3,(H,22,24). The molecular weight excluding hydrogens is 374 g/mol. The number of guanidine groups is 1. The summed E-state index contributed by atoms with van der Waals surface area (Å²) >= 11 is 6.08. The highest BCUT2D eigenvalue weighted by atomic mass is 35.5. The lowest BCUT2D eigenvalue weighted by Crippen LogP contribution is -2.52. The van der Waals surface area contributed by atoms with E-state index in [1.807, 2.05) is 31.2 Å². The Balaban J connectivity index is 1.65. The second-order valence-electron chi connectivity index (χ2n) is 6.15. The smallest absolute Gasteiger partial charge is 0.319 e. The van der Waals surface area contributed by atoms with Gasteiger partial charge < -0.3 is 15.1 Å². The molecule has 1 aromatic carbocycles. The van der Waals surface area contributed by atoms with Gasteiger partial charge in [0.05, 0.1) is 0 Å². The van der Waals surface area contributed by atoms with E-state index in [2.05, 4.69) is 25.1 Å². The summed E-state index contributed by atoms with van der Waals surface area (Å²) in [5.41, 5.74) is 1.10. The number of piperazine rings is 1. The van der Waals surface area contributed by atoms with E-state index in [9.17, 15) is 8.78 Å². The first-order valence-electron chi connectivity index (χ1n) is 8.92. The molecule has 146 valence electrons. The summed E-state index contributed by atoms with van der Waals surface area (Å²) in [6.07, 6.45) is 2.64. The normalized spacial score (nSPS) is 15.5. The van der Waals surface area contributed by atoms with E-state index in [1.165, 1.54) is 12.4 Å². The number of halogens is 3. The average molecular weight is 397 g/mol. The Morgan fingerprint density at radius 2 is 2.07 bits per heavy atom. The van der Waals surface area contributed by atoms with Crippen LogP contribution >= 0.6 is 11.6 Å². The molecule has 0 radical (unpaired) electrons. The van der Waals surface area contributed by atoms with Crippen LogP contribution in [0.25, 0.3) is 0 Å². The third-order valence-corrected chi connectivity index (χ3v) is 4.65. The fraction of sp³-hybridized carbons (Fsp3) is 0.444. The van der Waals surface area contributed by atoms with Crippen molar-refractivity contribution in [3.05, 3.63) is 47.5 Å². The van der Waals surface area contributed by atoms with Gasteiger partial charge in [0.1, 0.15) is 12.4 Å². The number of alkyl halides is 2. The molecule has 2 aromatic rings. The molecule has 3 rings (SSSR count). The fourth-order valence-corrected chi connectivity index (χ4v) is 3.25. The molecule has 0 aliphatic carbocycles. The van der Waals surface area contributed by atoms with Crippen molar-refractivity contribution in [1.82, 2.24) is 19.8 Å². The lowest BCUT2D eigenvalue weighted by atomic mass is 10.2. The van der Waals surface area contributed by atoms with Crippen molar-refractivity contribution in [1.29, 1.82) is 0 Å². The molecule has 27 heavy (non-hydrogen) atoms. The van der Waals surface area contributed by atoms with E-state index in [-0.39, 0.29) is 12.4 Å². The maximum atomic E-state index is 13.0. The summed E-state index contributed by atoms with van der Waals surface area (Å²) in [6, 6.07) is 7.81.